The van der Waals surface area contributed by atoms with E-state index < -0.39 is 0 Å². The number of aryl methyl sites for hydroxylation is 4. The molecule has 2 aromatic carbocycles. The Labute approximate surface area is 135 Å². The molecule has 0 spiro atoms. The Hall–Kier alpha value is -1.30. The van der Waals surface area contributed by atoms with E-state index in [1.165, 1.54) is 47.9 Å². The van der Waals surface area contributed by atoms with E-state index in [4.69, 9.17) is 0 Å². The largest absolute Gasteiger partial charge is 0.0654 e. The first-order valence-corrected chi connectivity index (χ1v) is 8.89. The fourth-order valence-electron chi connectivity index (χ4n) is 4.82. The molecule has 1 aliphatic carbocycles. The molecule has 0 aromatic heterocycles. The zero-order valence-corrected chi connectivity index (χ0v) is 15.4. The van der Waals surface area contributed by atoms with E-state index in [1.807, 2.05) is 0 Å². The zero-order valence-electron chi connectivity index (χ0n) is 15.4. The Balaban J connectivity index is 2.37. The van der Waals surface area contributed by atoms with Crippen molar-refractivity contribution >= 4 is 10.8 Å². The first-order valence-electron chi connectivity index (χ1n) is 8.89. The third-order valence-electron chi connectivity index (χ3n) is 6.39. The summed E-state index contributed by atoms with van der Waals surface area (Å²) in [7, 11) is 0. The van der Waals surface area contributed by atoms with Gasteiger partial charge in [0.05, 0.1) is 0 Å². The van der Waals surface area contributed by atoms with Gasteiger partial charge >= 0.3 is 0 Å². The number of fused-ring (bicyclic) bond motifs is 2. The highest BCUT2D eigenvalue weighted by Crippen LogP contribution is 2.42. The summed E-state index contributed by atoms with van der Waals surface area (Å²) >= 11 is 0. The monoisotopic (exact) mass is 294 g/mol. The highest BCUT2D eigenvalue weighted by molar-refractivity contribution is 5.97. The van der Waals surface area contributed by atoms with Gasteiger partial charge in [-0.1, -0.05) is 19.8 Å². The van der Waals surface area contributed by atoms with Crippen LogP contribution in [-0.2, 0) is 12.8 Å². The van der Waals surface area contributed by atoms with Gasteiger partial charge in [-0.3, -0.25) is 0 Å². The second-order valence-electron chi connectivity index (χ2n) is 7.52. The van der Waals surface area contributed by atoms with E-state index in [0.717, 1.165) is 5.92 Å². The zero-order chi connectivity index (χ0) is 16.2. The molecule has 0 saturated carbocycles. The second kappa shape index (κ2) is 5.41. The molecule has 1 aliphatic rings. The lowest BCUT2D eigenvalue weighted by Gasteiger charge is -2.21. The van der Waals surface area contributed by atoms with Crippen molar-refractivity contribution in [3.63, 3.8) is 0 Å². The molecule has 2 aromatic rings. The highest BCUT2D eigenvalue weighted by atomic mass is 14.3. The summed E-state index contributed by atoms with van der Waals surface area (Å²) in [6.45, 7) is 16.3. The van der Waals surface area contributed by atoms with Crippen LogP contribution in [0.1, 0.15) is 64.3 Å². The summed E-state index contributed by atoms with van der Waals surface area (Å²) in [6, 6.07) is 0. The first kappa shape index (κ1) is 15.6. The maximum Gasteiger partial charge on any atom is -0.0114 e. The van der Waals surface area contributed by atoms with Crippen LogP contribution in [-0.4, -0.2) is 0 Å². The van der Waals surface area contributed by atoms with Gasteiger partial charge in [0.2, 0.25) is 0 Å². The lowest BCUT2D eigenvalue weighted by molar-refractivity contribution is 0.506. The second-order valence-corrected chi connectivity index (χ2v) is 7.52. The molecule has 118 valence electrons. The van der Waals surface area contributed by atoms with Gasteiger partial charge in [0.25, 0.3) is 0 Å². The molecule has 0 amide bonds. The molecule has 0 unspecified atom stereocenters. The molecule has 0 fully saturated rings. The van der Waals surface area contributed by atoms with Crippen molar-refractivity contribution in [1.29, 1.82) is 0 Å². The van der Waals surface area contributed by atoms with Crippen molar-refractivity contribution in [1.82, 2.24) is 0 Å². The van der Waals surface area contributed by atoms with Gasteiger partial charge in [0.1, 0.15) is 0 Å². The van der Waals surface area contributed by atoms with Gasteiger partial charge in [0, 0.05) is 0 Å². The Morgan fingerprint density at radius 1 is 0.636 bits per heavy atom. The van der Waals surface area contributed by atoms with Gasteiger partial charge in [0.15, 0.2) is 0 Å². The molecule has 0 heteroatoms. The molecular weight excluding hydrogens is 264 g/mol. The third-order valence-corrected chi connectivity index (χ3v) is 6.39. The van der Waals surface area contributed by atoms with Crippen LogP contribution in [0.15, 0.2) is 0 Å². The number of benzene rings is 2. The molecule has 0 nitrogen and oxygen atoms in total. The molecule has 22 heavy (non-hydrogen) atoms. The molecule has 0 radical (unpaired) electrons. The van der Waals surface area contributed by atoms with Crippen molar-refractivity contribution in [2.75, 3.05) is 0 Å². The van der Waals surface area contributed by atoms with Crippen molar-refractivity contribution in [3.8, 4) is 0 Å². The van der Waals surface area contributed by atoms with Gasteiger partial charge in [-0.05, 0) is 116 Å². The Kier molecular flexibility index (Phi) is 3.83. The molecule has 0 saturated heterocycles. The molecule has 3 rings (SSSR count). The third kappa shape index (κ3) is 2.03. The normalized spacial score (nSPS) is 14.9. The summed E-state index contributed by atoms with van der Waals surface area (Å²) < 4.78 is 0. The van der Waals surface area contributed by atoms with Crippen LogP contribution in [0, 0.1) is 47.5 Å². The van der Waals surface area contributed by atoms with Crippen LogP contribution in [0.3, 0.4) is 0 Å². The minimum atomic E-state index is 0.872. The summed E-state index contributed by atoms with van der Waals surface area (Å²) in [5.74, 6) is 0.872. The van der Waals surface area contributed by atoms with Crippen LogP contribution in [0.25, 0.3) is 10.8 Å². The Bertz CT molecular complexity index is 700. The summed E-state index contributed by atoms with van der Waals surface area (Å²) in [5, 5.41) is 3.10. The standard InChI is InChI=1S/C22H30/c1-8-9-18-10-19-16(6)21-14(4)12(2)13(3)15(5)22(21)17(7)20(19)11-18/h18H,8-11H2,1-7H3. The number of hydrogen-bond acceptors (Lipinski definition) is 0. The average molecular weight is 294 g/mol. The number of rotatable bonds is 2. The van der Waals surface area contributed by atoms with Gasteiger partial charge in [-0.15, -0.1) is 0 Å². The predicted molar refractivity (Wildman–Crippen MR) is 98.2 cm³/mol. The maximum absolute atomic E-state index is 2.37. The first-order chi connectivity index (χ1) is 10.4. The summed E-state index contributed by atoms with van der Waals surface area (Å²) in [5.41, 5.74) is 12.5. The molecule has 0 bridgehead atoms. The van der Waals surface area contributed by atoms with E-state index in [9.17, 15) is 0 Å². The maximum atomic E-state index is 2.37. The number of hydrogen-bond donors (Lipinski definition) is 0. The van der Waals surface area contributed by atoms with Gasteiger partial charge in [-0.2, -0.15) is 0 Å². The van der Waals surface area contributed by atoms with Crippen LogP contribution in [0.4, 0.5) is 0 Å². The minimum Gasteiger partial charge on any atom is -0.0654 e. The van der Waals surface area contributed by atoms with Gasteiger partial charge < -0.3 is 0 Å². The lowest BCUT2D eigenvalue weighted by Crippen LogP contribution is -2.02. The van der Waals surface area contributed by atoms with E-state index in [2.05, 4.69) is 48.5 Å². The van der Waals surface area contributed by atoms with Crippen LogP contribution in [0.5, 0.6) is 0 Å². The average Bonchev–Trinajstić information content (AvgIpc) is 2.91. The molecule has 0 atom stereocenters. The van der Waals surface area contributed by atoms with E-state index in [1.54, 1.807) is 33.0 Å². The highest BCUT2D eigenvalue weighted by Gasteiger charge is 2.27. The fourth-order valence-corrected chi connectivity index (χ4v) is 4.82. The predicted octanol–water partition coefficient (Wildman–Crippen LogP) is 6.21. The Morgan fingerprint density at radius 3 is 1.41 bits per heavy atom. The van der Waals surface area contributed by atoms with E-state index in [-0.39, 0.29) is 0 Å². The van der Waals surface area contributed by atoms with E-state index >= 15 is 0 Å². The topological polar surface area (TPSA) is 0 Å². The van der Waals surface area contributed by atoms with Crippen molar-refractivity contribution < 1.29 is 0 Å². The lowest BCUT2D eigenvalue weighted by atomic mass is 9.83. The summed E-state index contributed by atoms with van der Waals surface area (Å²) in [4.78, 5) is 0. The SMILES string of the molecule is CCCC1Cc2c(c(C)c3c(C)c(C)c(C)c(C)c3c2C)C1. The van der Waals surface area contributed by atoms with Crippen molar-refractivity contribution in [2.24, 2.45) is 5.92 Å². The molecule has 0 aliphatic heterocycles. The van der Waals surface area contributed by atoms with Crippen molar-refractivity contribution in [2.45, 2.75) is 74.1 Å². The minimum absolute atomic E-state index is 0.872. The van der Waals surface area contributed by atoms with Crippen LogP contribution < -0.4 is 0 Å². The molecule has 0 N–H and O–H groups in total. The fraction of sp³-hybridized carbons (Fsp3) is 0.545. The quantitative estimate of drug-likeness (QED) is 0.618. The molecular formula is C22H30. The molecule has 0 heterocycles. The Morgan fingerprint density at radius 2 is 1.05 bits per heavy atom. The van der Waals surface area contributed by atoms with Crippen LogP contribution >= 0.6 is 0 Å². The smallest absolute Gasteiger partial charge is 0.0114 e. The van der Waals surface area contributed by atoms with Crippen molar-refractivity contribution in [3.05, 3.63) is 44.5 Å². The van der Waals surface area contributed by atoms with E-state index in [0.29, 0.717) is 0 Å². The summed E-state index contributed by atoms with van der Waals surface area (Å²) in [6.07, 6.45) is 5.29. The van der Waals surface area contributed by atoms with Gasteiger partial charge in [-0.25, -0.2) is 0 Å². The van der Waals surface area contributed by atoms with Crippen LogP contribution in [0.2, 0.25) is 0 Å².